The Morgan fingerprint density at radius 2 is 1.69 bits per heavy atom. The number of piperidine rings is 1. The second-order valence-corrected chi connectivity index (χ2v) is 11.6. The Balaban J connectivity index is 1.51. The molecule has 4 rings (SSSR count). The first kappa shape index (κ1) is 17.9. The van der Waals surface area contributed by atoms with Gasteiger partial charge in [0.1, 0.15) is 0 Å². The van der Waals surface area contributed by atoms with Gasteiger partial charge >= 0.3 is 0 Å². The van der Waals surface area contributed by atoms with E-state index in [-0.39, 0.29) is 29.1 Å². The molecule has 0 saturated carbocycles. The van der Waals surface area contributed by atoms with Crippen molar-refractivity contribution in [2.75, 3.05) is 25.4 Å². The lowest BCUT2D eigenvalue weighted by atomic mass is 10.2. The maximum atomic E-state index is 12.7. The number of nitrogens with zero attached hydrogens (tertiary/aromatic N) is 2. The van der Waals surface area contributed by atoms with Gasteiger partial charge in [-0.1, -0.05) is 6.42 Å². The zero-order valence-corrected chi connectivity index (χ0v) is 16.0. The molecule has 3 saturated heterocycles. The minimum atomic E-state index is -3.52. The molecule has 26 heavy (non-hydrogen) atoms. The molecule has 0 aliphatic carbocycles. The average molecular weight is 399 g/mol. The average Bonchev–Trinajstić information content (AvgIpc) is 3.18. The van der Waals surface area contributed by atoms with E-state index in [1.165, 1.54) is 28.6 Å². The fraction of sp³-hybridized carbons (Fsp3) is 0.588. The van der Waals surface area contributed by atoms with Gasteiger partial charge in [-0.3, -0.25) is 4.79 Å². The molecule has 1 amide bonds. The van der Waals surface area contributed by atoms with E-state index >= 15 is 0 Å². The van der Waals surface area contributed by atoms with Crippen molar-refractivity contribution in [2.45, 2.75) is 41.9 Å². The lowest BCUT2D eigenvalue weighted by Gasteiger charge is -2.27. The fourth-order valence-corrected chi connectivity index (χ4v) is 7.68. The molecule has 1 aromatic carbocycles. The SMILES string of the molecule is O=C(c1ccc(S(=O)(=O)N2CCCCC2)cc1)N1CC2CC1CS2(=O)=O. The summed E-state index contributed by atoms with van der Waals surface area (Å²) in [6, 6.07) is 5.75. The van der Waals surface area contributed by atoms with Crippen molar-refractivity contribution >= 4 is 25.8 Å². The van der Waals surface area contributed by atoms with Crippen LogP contribution in [0.5, 0.6) is 0 Å². The standard InChI is InChI=1S/C17H22N2O5S2/c20-17(19-11-16-10-14(19)12-25(16,21)22)13-4-6-15(7-5-13)26(23,24)18-8-2-1-3-9-18/h4-7,14,16H,1-3,8-12H2. The number of hydrogen-bond donors (Lipinski definition) is 0. The van der Waals surface area contributed by atoms with E-state index in [0.29, 0.717) is 25.1 Å². The molecule has 0 aromatic heterocycles. The Labute approximate surface area is 153 Å². The number of benzene rings is 1. The van der Waals surface area contributed by atoms with Gasteiger partial charge in [0, 0.05) is 31.2 Å². The maximum Gasteiger partial charge on any atom is 0.254 e. The van der Waals surface area contributed by atoms with E-state index in [1.807, 2.05) is 0 Å². The number of sulfonamides is 1. The van der Waals surface area contributed by atoms with Crippen LogP contribution in [0.4, 0.5) is 0 Å². The summed E-state index contributed by atoms with van der Waals surface area (Å²) >= 11 is 0. The molecule has 2 atom stereocenters. The van der Waals surface area contributed by atoms with E-state index in [2.05, 4.69) is 0 Å². The Hall–Kier alpha value is -1.45. The van der Waals surface area contributed by atoms with Crippen LogP contribution in [0.25, 0.3) is 0 Å². The van der Waals surface area contributed by atoms with Crippen LogP contribution in [0.3, 0.4) is 0 Å². The molecule has 2 unspecified atom stereocenters. The highest BCUT2D eigenvalue weighted by atomic mass is 32.2. The second kappa shape index (κ2) is 6.31. The highest BCUT2D eigenvalue weighted by Gasteiger charge is 2.50. The first-order chi connectivity index (χ1) is 12.3. The molecule has 1 aromatic rings. The number of amides is 1. The van der Waals surface area contributed by atoms with Gasteiger partial charge in [-0.2, -0.15) is 4.31 Å². The number of rotatable bonds is 3. The topological polar surface area (TPSA) is 91.8 Å². The van der Waals surface area contributed by atoms with Crippen molar-refractivity contribution in [3.05, 3.63) is 29.8 Å². The lowest BCUT2D eigenvalue weighted by Crippen LogP contribution is -2.44. The van der Waals surface area contributed by atoms with Gasteiger partial charge in [-0.25, -0.2) is 16.8 Å². The van der Waals surface area contributed by atoms with Crippen LogP contribution in [-0.4, -0.2) is 68.6 Å². The summed E-state index contributed by atoms with van der Waals surface area (Å²) in [7, 11) is -6.57. The summed E-state index contributed by atoms with van der Waals surface area (Å²) in [5, 5.41) is -0.449. The third-order valence-corrected chi connectivity index (χ3v) is 9.74. The van der Waals surface area contributed by atoms with Crippen LogP contribution in [0, 0.1) is 0 Å². The van der Waals surface area contributed by atoms with Crippen molar-refractivity contribution in [2.24, 2.45) is 0 Å². The molecule has 0 spiro atoms. The molecule has 3 aliphatic rings. The quantitative estimate of drug-likeness (QED) is 0.753. The van der Waals surface area contributed by atoms with Crippen LogP contribution >= 0.6 is 0 Å². The molecule has 7 nitrogen and oxygen atoms in total. The van der Waals surface area contributed by atoms with Gasteiger partial charge in [0.25, 0.3) is 5.91 Å². The van der Waals surface area contributed by atoms with Gasteiger partial charge in [-0.15, -0.1) is 0 Å². The van der Waals surface area contributed by atoms with Crippen molar-refractivity contribution in [1.29, 1.82) is 0 Å². The maximum absolute atomic E-state index is 12.7. The fourth-order valence-electron chi connectivity index (χ4n) is 4.13. The van der Waals surface area contributed by atoms with Crippen molar-refractivity contribution in [3.63, 3.8) is 0 Å². The molecular weight excluding hydrogens is 376 g/mol. The highest BCUT2D eigenvalue weighted by Crippen LogP contribution is 2.34. The van der Waals surface area contributed by atoms with Gasteiger partial charge < -0.3 is 4.90 Å². The molecule has 3 fully saturated rings. The summed E-state index contributed by atoms with van der Waals surface area (Å²) in [4.78, 5) is 14.5. The Morgan fingerprint density at radius 1 is 1.04 bits per heavy atom. The molecule has 9 heteroatoms. The van der Waals surface area contributed by atoms with E-state index in [1.54, 1.807) is 4.90 Å². The molecule has 2 bridgehead atoms. The predicted octanol–water partition coefficient (Wildman–Crippen LogP) is 0.873. The molecule has 142 valence electrons. The van der Waals surface area contributed by atoms with Crippen LogP contribution in [0.2, 0.25) is 0 Å². The van der Waals surface area contributed by atoms with Gasteiger partial charge in [-0.05, 0) is 43.5 Å². The normalized spacial score (nSPS) is 28.4. The number of carbonyl (C=O) groups is 1. The van der Waals surface area contributed by atoms with Gasteiger partial charge in [0.2, 0.25) is 10.0 Å². The third-order valence-electron chi connectivity index (χ3n) is 5.62. The number of hydrogen-bond acceptors (Lipinski definition) is 5. The zero-order chi connectivity index (χ0) is 18.5. The van der Waals surface area contributed by atoms with E-state index < -0.39 is 25.1 Å². The van der Waals surface area contributed by atoms with E-state index in [9.17, 15) is 21.6 Å². The van der Waals surface area contributed by atoms with Crippen molar-refractivity contribution in [3.8, 4) is 0 Å². The zero-order valence-electron chi connectivity index (χ0n) is 14.4. The number of fused-ring (bicyclic) bond motifs is 2. The largest absolute Gasteiger partial charge is 0.333 e. The predicted molar refractivity (Wildman–Crippen MR) is 96.1 cm³/mol. The minimum absolute atomic E-state index is 0.0326. The summed E-state index contributed by atoms with van der Waals surface area (Å²) in [6.07, 6.45) is 3.30. The first-order valence-electron chi connectivity index (χ1n) is 8.92. The van der Waals surface area contributed by atoms with Crippen molar-refractivity contribution < 1.29 is 21.6 Å². The molecule has 0 radical (unpaired) electrons. The smallest absolute Gasteiger partial charge is 0.254 e. The van der Waals surface area contributed by atoms with Crippen LogP contribution in [0.15, 0.2) is 29.2 Å². The number of sulfone groups is 1. The van der Waals surface area contributed by atoms with E-state index in [4.69, 9.17) is 0 Å². The highest BCUT2D eigenvalue weighted by molar-refractivity contribution is 7.92. The van der Waals surface area contributed by atoms with E-state index in [0.717, 1.165) is 19.3 Å². The summed E-state index contributed by atoms with van der Waals surface area (Å²) < 4.78 is 50.5. The Bertz CT molecular complexity index is 918. The third kappa shape index (κ3) is 2.95. The van der Waals surface area contributed by atoms with Crippen LogP contribution in [0.1, 0.15) is 36.0 Å². The molecule has 3 aliphatic heterocycles. The van der Waals surface area contributed by atoms with Crippen LogP contribution < -0.4 is 0 Å². The number of carbonyl (C=O) groups excluding carboxylic acids is 1. The lowest BCUT2D eigenvalue weighted by molar-refractivity contribution is 0.0745. The Kier molecular flexibility index (Phi) is 4.36. The summed E-state index contributed by atoms with van der Waals surface area (Å²) in [5.74, 6) is -0.195. The Morgan fingerprint density at radius 3 is 2.23 bits per heavy atom. The van der Waals surface area contributed by atoms with Gasteiger partial charge in [0.15, 0.2) is 9.84 Å². The summed E-state index contributed by atoms with van der Waals surface area (Å²) in [6.45, 7) is 1.31. The number of likely N-dealkylation sites (tertiary alicyclic amines) is 1. The van der Waals surface area contributed by atoms with Crippen molar-refractivity contribution in [1.82, 2.24) is 9.21 Å². The molecule has 3 heterocycles. The van der Waals surface area contributed by atoms with Gasteiger partial charge in [0.05, 0.1) is 15.9 Å². The minimum Gasteiger partial charge on any atom is -0.333 e. The summed E-state index contributed by atoms with van der Waals surface area (Å²) in [5.41, 5.74) is 0.396. The second-order valence-electron chi connectivity index (χ2n) is 7.29. The van der Waals surface area contributed by atoms with Crippen LogP contribution in [-0.2, 0) is 19.9 Å². The first-order valence-corrected chi connectivity index (χ1v) is 12.1. The monoisotopic (exact) mass is 398 g/mol. The molecular formula is C17H22N2O5S2. The molecule has 0 N–H and O–H groups in total.